The van der Waals surface area contributed by atoms with Gasteiger partial charge in [-0.25, -0.2) is 0 Å². The van der Waals surface area contributed by atoms with Gasteiger partial charge in [0.25, 0.3) is 0 Å². The largest absolute Gasteiger partial charge is 0.437 e. The van der Waals surface area contributed by atoms with E-state index >= 15 is 0 Å². The van der Waals surface area contributed by atoms with Gasteiger partial charge in [0.2, 0.25) is 7.37 Å². The molecule has 0 saturated heterocycles. The summed E-state index contributed by atoms with van der Waals surface area (Å²) in [5, 5.41) is 0. The summed E-state index contributed by atoms with van der Waals surface area (Å²) in [5.41, 5.74) is 0. The van der Waals surface area contributed by atoms with E-state index in [1.807, 2.05) is 26.7 Å². The van der Waals surface area contributed by atoms with Gasteiger partial charge < -0.3 is 4.65 Å². The van der Waals surface area contributed by atoms with Crippen molar-refractivity contribution in [1.82, 2.24) is 4.90 Å². The van der Waals surface area contributed by atoms with Gasteiger partial charge in [0.15, 0.2) is 0 Å². The van der Waals surface area contributed by atoms with Crippen LogP contribution in [-0.2, 0) is 4.65 Å². The minimum Gasteiger partial charge on any atom is -0.437 e. The predicted octanol–water partition coefficient (Wildman–Crippen LogP) is -1.58. The number of rotatable bonds is 3. The van der Waals surface area contributed by atoms with E-state index in [9.17, 15) is 0 Å². The van der Waals surface area contributed by atoms with E-state index in [1.165, 1.54) is 0 Å². The van der Waals surface area contributed by atoms with Gasteiger partial charge in [0.05, 0.1) is 6.73 Å². The van der Waals surface area contributed by atoms with E-state index in [1.54, 1.807) is 0 Å². The van der Waals surface area contributed by atoms with Gasteiger partial charge in [-0.15, -0.1) is 0 Å². The lowest BCUT2D eigenvalue weighted by Gasteiger charge is -2.07. The van der Waals surface area contributed by atoms with Crippen LogP contribution in [0.5, 0.6) is 0 Å². The molecule has 0 aliphatic rings. The highest BCUT2D eigenvalue weighted by atomic mass is 16.4. The zero-order valence-electron chi connectivity index (χ0n) is 5.27. The molecule has 0 aliphatic heterocycles. The van der Waals surface area contributed by atoms with Crippen LogP contribution in [0.1, 0.15) is 0 Å². The van der Waals surface area contributed by atoms with Crippen LogP contribution in [0.3, 0.4) is 0 Å². The minimum atomic E-state index is 0.733. The molecule has 0 fully saturated rings. The van der Waals surface area contributed by atoms with Crippen LogP contribution in [0.2, 0.25) is 0 Å². The minimum absolute atomic E-state index is 0.733. The Balaban J connectivity index is 2.68. The van der Waals surface area contributed by atoms with E-state index in [-0.39, 0.29) is 0 Å². The van der Waals surface area contributed by atoms with E-state index < -0.39 is 0 Å². The number of hydrogen-bond acceptors (Lipinski definition) is 2. The average molecular weight is 98.8 g/mol. The lowest BCUT2D eigenvalue weighted by atomic mass is 9.72. The first kappa shape index (κ1) is 7.05. The third-order valence-corrected chi connectivity index (χ3v) is 0.554. The molecular formula is C3H11B2NO. The molecule has 0 bridgehead atoms. The molecule has 7 heavy (non-hydrogen) atoms. The fourth-order valence-corrected chi connectivity index (χ4v) is 0.274. The molecule has 2 nitrogen and oxygen atoms in total. The van der Waals surface area contributed by atoms with Crippen molar-refractivity contribution in [2.45, 2.75) is 0 Å². The van der Waals surface area contributed by atoms with Crippen molar-refractivity contribution in [1.29, 1.82) is 0 Å². The van der Waals surface area contributed by atoms with Crippen LogP contribution in [0.15, 0.2) is 0 Å². The molecule has 0 amide bonds. The Hall–Kier alpha value is 0.0499. The van der Waals surface area contributed by atoms with Crippen LogP contribution >= 0.6 is 0 Å². The van der Waals surface area contributed by atoms with E-state index in [0.29, 0.717) is 0 Å². The second kappa shape index (κ2) is 4.22. The summed E-state index contributed by atoms with van der Waals surface area (Å²) >= 11 is 0. The highest BCUT2D eigenvalue weighted by Gasteiger charge is 1.83. The summed E-state index contributed by atoms with van der Waals surface area (Å²) in [6.45, 7) is 0.733. The first-order chi connectivity index (χ1) is 3.27. The Kier molecular flexibility index (Phi) is 4.25. The normalized spacial score (nSPS) is 9.57. The lowest BCUT2D eigenvalue weighted by molar-refractivity contribution is 0.191. The Morgan fingerprint density at radius 3 is 2.43 bits per heavy atom. The molecule has 0 saturated carbocycles. The van der Waals surface area contributed by atoms with Crippen molar-refractivity contribution >= 4 is 15.1 Å². The Morgan fingerprint density at radius 1 is 1.71 bits per heavy atom. The molecule has 0 aliphatic carbocycles. The number of hydrogen-bond donors (Lipinski definition) is 0. The molecule has 0 aromatic heterocycles. The van der Waals surface area contributed by atoms with Crippen molar-refractivity contribution in [2.75, 3.05) is 20.8 Å². The van der Waals surface area contributed by atoms with Crippen LogP contribution in [0, 0.1) is 0 Å². The van der Waals surface area contributed by atoms with Gasteiger partial charge in [-0.2, -0.15) is 0 Å². The molecule has 40 valence electrons. The zero-order valence-corrected chi connectivity index (χ0v) is 5.27. The average Bonchev–Trinajstić information content (AvgIpc) is 1.61. The molecule has 0 N–H and O–H groups in total. The van der Waals surface area contributed by atoms with E-state index in [2.05, 4.69) is 0 Å². The first-order valence-electron chi connectivity index (χ1n) is 2.50. The standard InChI is InChI=1S/C3H11B2NO/c1-6(2)3-7-5-4/h5H,3-4H2,1-2H3. The lowest BCUT2D eigenvalue weighted by Crippen LogP contribution is -2.17. The van der Waals surface area contributed by atoms with E-state index in [4.69, 9.17) is 4.65 Å². The molecule has 4 heteroatoms. The maximum absolute atomic E-state index is 5.02. The van der Waals surface area contributed by atoms with Crippen LogP contribution in [-0.4, -0.2) is 40.8 Å². The zero-order chi connectivity index (χ0) is 5.70. The van der Waals surface area contributed by atoms with Gasteiger partial charge in [-0.3, -0.25) is 4.90 Å². The third kappa shape index (κ3) is 6.05. The third-order valence-electron chi connectivity index (χ3n) is 0.554. The van der Waals surface area contributed by atoms with Gasteiger partial charge in [0.1, 0.15) is 7.74 Å². The summed E-state index contributed by atoms with van der Waals surface area (Å²) < 4.78 is 5.02. The maximum atomic E-state index is 5.02. The number of nitrogens with zero attached hydrogens (tertiary/aromatic N) is 1. The Morgan fingerprint density at radius 2 is 2.29 bits per heavy atom. The molecule has 0 radical (unpaired) electrons. The maximum Gasteiger partial charge on any atom is 0.231 e. The highest BCUT2D eigenvalue weighted by molar-refractivity contribution is 6.85. The van der Waals surface area contributed by atoms with Crippen molar-refractivity contribution in [3.05, 3.63) is 0 Å². The van der Waals surface area contributed by atoms with Crippen LogP contribution in [0.4, 0.5) is 0 Å². The topological polar surface area (TPSA) is 12.5 Å². The van der Waals surface area contributed by atoms with E-state index in [0.717, 1.165) is 14.1 Å². The highest BCUT2D eigenvalue weighted by Crippen LogP contribution is 1.70. The van der Waals surface area contributed by atoms with Crippen molar-refractivity contribution in [3.8, 4) is 0 Å². The second-order valence-corrected chi connectivity index (χ2v) is 1.70. The first-order valence-corrected chi connectivity index (χ1v) is 2.50. The van der Waals surface area contributed by atoms with Crippen LogP contribution in [0.25, 0.3) is 0 Å². The van der Waals surface area contributed by atoms with Crippen LogP contribution < -0.4 is 0 Å². The summed E-state index contributed by atoms with van der Waals surface area (Å²) in [7, 11) is 6.76. The van der Waals surface area contributed by atoms with Gasteiger partial charge in [-0.1, -0.05) is 0 Å². The second-order valence-electron chi connectivity index (χ2n) is 1.70. The van der Waals surface area contributed by atoms with Crippen molar-refractivity contribution in [2.24, 2.45) is 0 Å². The molecule has 0 aromatic rings. The monoisotopic (exact) mass is 99.1 g/mol. The predicted molar refractivity (Wildman–Crippen MR) is 35.3 cm³/mol. The molecular weight excluding hydrogens is 87.7 g/mol. The molecule has 0 atom stereocenters. The summed E-state index contributed by atoms with van der Waals surface area (Å²) in [5.74, 6) is 0. The molecule has 0 heterocycles. The van der Waals surface area contributed by atoms with Crippen molar-refractivity contribution < 1.29 is 4.65 Å². The fraction of sp³-hybridized carbons (Fsp3) is 1.00. The quantitative estimate of drug-likeness (QED) is 0.312. The van der Waals surface area contributed by atoms with Gasteiger partial charge >= 0.3 is 0 Å². The summed E-state index contributed by atoms with van der Waals surface area (Å²) in [6, 6.07) is 0. The van der Waals surface area contributed by atoms with Gasteiger partial charge in [-0.05, 0) is 14.1 Å². The Bertz CT molecular complexity index is 41.9. The molecule has 0 spiro atoms. The summed E-state index contributed by atoms with van der Waals surface area (Å²) in [6.07, 6.45) is 0. The molecule has 0 rings (SSSR count). The Labute approximate surface area is 46.5 Å². The van der Waals surface area contributed by atoms with Crippen molar-refractivity contribution in [3.63, 3.8) is 0 Å². The summed E-state index contributed by atoms with van der Waals surface area (Å²) in [4.78, 5) is 1.99. The molecule has 0 unspecified atom stereocenters. The fourth-order valence-electron chi connectivity index (χ4n) is 0.274. The molecule has 0 aromatic carbocycles. The smallest absolute Gasteiger partial charge is 0.231 e. The SMILES string of the molecule is BBOCN(C)C. The van der Waals surface area contributed by atoms with Gasteiger partial charge in [0, 0.05) is 0 Å².